The Bertz CT molecular complexity index is 185. The maximum atomic E-state index is 5.87. The van der Waals surface area contributed by atoms with Crippen molar-refractivity contribution in [3.63, 3.8) is 0 Å². The summed E-state index contributed by atoms with van der Waals surface area (Å²) in [7, 11) is 0. The summed E-state index contributed by atoms with van der Waals surface area (Å²) >= 11 is 1.93. The summed E-state index contributed by atoms with van der Waals surface area (Å²) in [4.78, 5) is 0. The summed E-state index contributed by atoms with van der Waals surface area (Å²) in [6, 6.07) is 0.484. The molecular weight excluding hydrogens is 180 g/mol. The van der Waals surface area contributed by atoms with Crippen LogP contribution >= 0.6 is 11.9 Å². The third-order valence-electron chi connectivity index (χ3n) is 2.94. The van der Waals surface area contributed by atoms with E-state index in [1.165, 1.54) is 32.2 Å². The van der Waals surface area contributed by atoms with Crippen LogP contribution in [-0.4, -0.2) is 22.6 Å². The fraction of sp³-hybridized carbons (Fsp3) is 0.800. The Morgan fingerprint density at radius 2 is 2.08 bits per heavy atom. The van der Waals surface area contributed by atoms with Gasteiger partial charge in [0, 0.05) is 24.5 Å². The predicted octanol–water partition coefficient (Wildman–Crippen LogP) is 1.98. The van der Waals surface area contributed by atoms with Crippen LogP contribution < -0.4 is 5.73 Å². The first-order valence-corrected chi connectivity index (χ1v) is 6.10. The van der Waals surface area contributed by atoms with Crippen molar-refractivity contribution in [2.45, 2.75) is 31.7 Å². The van der Waals surface area contributed by atoms with Gasteiger partial charge in [0.25, 0.3) is 0 Å². The molecule has 1 aliphatic heterocycles. The average Bonchev–Trinajstić information content (AvgIpc) is 2.62. The normalized spacial score (nSPS) is 34.1. The van der Waals surface area contributed by atoms with Gasteiger partial charge in [-0.15, -0.1) is 0 Å². The van der Waals surface area contributed by atoms with E-state index in [4.69, 9.17) is 5.73 Å². The monoisotopic (exact) mass is 198 g/mol. The van der Waals surface area contributed by atoms with Gasteiger partial charge in [0.15, 0.2) is 0 Å². The number of hydrogen-bond acceptors (Lipinski definition) is 3. The molecule has 0 radical (unpaired) electrons. The molecule has 0 spiro atoms. The van der Waals surface area contributed by atoms with Crippen LogP contribution in [0.3, 0.4) is 0 Å². The van der Waals surface area contributed by atoms with Crippen LogP contribution in [0.1, 0.15) is 25.7 Å². The van der Waals surface area contributed by atoms with Gasteiger partial charge in [-0.3, -0.25) is 0 Å². The first kappa shape index (κ1) is 9.41. The molecule has 13 heavy (non-hydrogen) atoms. The van der Waals surface area contributed by atoms with Gasteiger partial charge in [-0.2, -0.15) is 0 Å². The van der Waals surface area contributed by atoms with Crippen LogP contribution in [0, 0.1) is 5.92 Å². The van der Waals surface area contributed by atoms with E-state index in [0.29, 0.717) is 6.04 Å². The highest BCUT2D eigenvalue weighted by Gasteiger charge is 2.20. The topological polar surface area (TPSA) is 29.3 Å². The minimum absolute atomic E-state index is 0.484. The van der Waals surface area contributed by atoms with E-state index in [2.05, 4.69) is 16.6 Å². The van der Waals surface area contributed by atoms with Crippen molar-refractivity contribution in [3.05, 3.63) is 12.3 Å². The molecule has 0 bridgehead atoms. The lowest BCUT2D eigenvalue weighted by atomic mass is 9.86. The molecule has 0 atom stereocenters. The third-order valence-corrected chi connectivity index (χ3v) is 3.88. The Labute approximate surface area is 84.7 Å². The zero-order valence-electron chi connectivity index (χ0n) is 7.98. The van der Waals surface area contributed by atoms with Gasteiger partial charge in [-0.25, -0.2) is 0 Å². The van der Waals surface area contributed by atoms with Gasteiger partial charge in [-0.1, -0.05) is 6.08 Å². The van der Waals surface area contributed by atoms with E-state index in [9.17, 15) is 0 Å². The predicted molar refractivity (Wildman–Crippen MR) is 58.2 cm³/mol. The summed E-state index contributed by atoms with van der Waals surface area (Å²) in [5.41, 5.74) is 5.87. The Kier molecular flexibility index (Phi) is 3.17. The van der Waals surface area contributed by atoms with E-state index < -0.39 is 0 Å². The van der Waals surface area contributed by atoms with E-state index in [0.717, 1.165) is 11.7 Å². The minimum Gasteiger partial charge on any atom is -0.328 e. The maximum Gasteiger partial charge on any atom is 0.0331 e. The molecule has 1 fully saturated rings. The van der Waals surface area contributed by atoms with Crippen LogP contribution in [0.2, 0.25) is 0 Å². The summed E-state index contributed by atoms with van der Waals surface area (Å²) in [6.07, 6.45) is 9.57. The van der Waals surface area contributed by atoms with Gasteiger partial charge < -0.3 is 10.0 Å². The van der Waals surface area contributed by atoms with E-state index >= 15 is 0 Å². The summed E-state index contributed by atoms with van der Waals surface area (Å²) < 4.78 is 2.38. The molecule has 0 aromatic rings. The molecule has 2 rings (SSSR count). The summed E-state index contributed by atoms with van der Waals surface area (Å²) in [6.45, 7) is 1.23. The van der Waals surface area contributed by atoms with Crippen molar-refractivity contribution in [1.29, 1.82) is 0 Å². The average molecular weight is 198 g/mol. The van der Waals surface area contributed by atoms with Crippen LogP contribution in [0.5, 0.6) is 0 Å². The second-order valence-corrected chi connectivity index (χ2v) is 5.12. The molecular formula is C10H18N2S. The molecule has 1 aliphatic carbocycles. The fourth-order valence-corrected chi connectivity index (χ4v) is 2.93. The van der Waals surface area contributed by atoms with Crippen LogP contribution in [0.15, 0.2) is 12.3 Å². The Balaban J connectivity index is 1.72. The number of nitrogens with two attached hydrogens (primary N) is 1. The second-order valence-electron chi connectivity index (χ2n) is 4.06. The van der Waals surface area contributed by atoms with Crippen molar-refractivity contribution < 1.29 is 0 Å². The van der Waals surface area contributed by atoms with Crippen molar-refractivity contribution in [1.82, 2.24) is 4.31 Å². The Hall–Kier alpha value is -0.150. The highest BCUT2D eigenvalue weighted by Crippen LogP contribution is 2.27. The van der Waals surface area contributed by atoms with Gasteiger partial charge >= 0.3 is 0 Å². The van der Waals surface area contributed by atoms with Crippen LogP contribution in [-0.2, 0) is 0 Å². The molecule has 0 unspecified atom stereocenters. The van der Waals surface area contributed by atoms with Crippen molar-refractivity contribution in [3.8, 4) is 0 Å². The summed E-state index contributed by atoms with van der Waals surface area (Å²) in [5, 5.41) is 0. The first-order valence-electron chi connectivity index (χ1n) is 5.16. The van der Waals surface area contributed by atoms with Gasteiger partial charge in [0.2, 0.25) is 0 Å². The molecule has 3 heteroatoms. The molecule has 0 saturated heterocycles. The lowest BCUT2D eigenvalue weighted by molar-refractivity contribution is 0.298. The number of nitrogens with zero attached hydrogens (tertiary/aromatic N) is 1. The van der Waals surface area contributed by atoms with E-state index in [1.807, 2.05) is 11.9 Å². The molecule has 74 valence electrons. The van der Waals surface area contributed by atoms with E-state index in [1.54, 1.807) is 0 Å². The molecule has 1 saturated carbocycles. The Morgan fingerprint density at radius 3 is 2.69 bits per heavy atom. The molecule has 2 aliphatic rings. The summed E-state index contributed by atoms with van der Waals surface area (Å²) in [5.74, 6) is 2.04. The molecule has 2 N–H and O–H groups in total. The molecule has 0 amide bonds. The molecule has 0 aromatic carbocycles. The van der Waals surface area contributed by atoms with Gasteiger partial charge in [-0.05, 0) is 43.5 Å². The molecule has 1 heterocycles. The fourth-order valence-electron chi connectivity index (χ4n) is 2.08. The van der Waals surface area contributed by atoms with Crippen molar-refractivity contribution >= 4 is 11.9 Å². The zero-order valence-corrected chi connectivity index (χ0v) is 8.80. The maximum absolute atomic E-state index is 5.87. The SMILES string of the molecule is NC1CCC(CN2C=CCS2)CC1. The van der Waals surface area contributed by atoms with Crippen molar-refractivity contribution in [2.75, 3.05) is 12.3 Å². The van der Waals surface area contributed by atoms with Crippen LogP contribution in [0.25, 0.3) is 0 Å². The standard InChI is InChI=1S/C10H18N2S/c11-10-4-2-9(3-5-10)8-12-6-1-7-13-12/h1,6,9-10H,2-5,7-8,11H2. The molecule has 0 aromatic heterocycles. The second kappa shape index (κ2) is 4.38. The lowest BCUT2D eigenvalue weighted by Crippen LogP contribution is -2.30. The van der Waals surface area contributed by atoms with Gasteiger partial charge in [0.05, 0.1) is 0 Å². The highest BCUT2D eigenvalue weighted by atomic mass is 32.2. The third kappa shape index (κ3) is 2.64. The molecule has 2 nitrogen and oxygen atoms in total. The largest absolute Gasteiger partial charge is 0.328 e. The number of hydrogen-bond donors (Lipinski definition) is 1. The number of rotatable bonds is 2. The highest BCUT2D eigenvalue weighted by molar-refractivity contribution is 7.97. The first-order chi connectivity index (χ1) is 6.34. The Morgan fingerprint density at radius 1 is 1.31 bits per heavy atom. The minimum atomic E-state index is 0.484. The van der Waals surface area contributed by atoms with Crippen molar-refractivity contribution in [2.24, 2.45) is 11.7 Å². The van der Waals surface area contributed by atoms with E-state index in [-0.39, 0.29) is 0 Å². The zero-order chi connectivity index (χ0) is 9.10. The quantitative estimate of drug-likeness (QED) is 0.688. The van der Waals surface area contributed by atoms with Crippen LogP contribution in [0.4, 0.5) is 0 Å². The smallest absolute Gasteiger partial charge is 0.0331 e. The van der Waals surface area contributed by atoms with Gasteiger partial charge in [0.1, 0.15) is 0 Å². The lowest BCUT2D eigenvalue weighted by Gasteiger charge is -2.28.